The van der Waals surface area contributed by atoms with Crippen molar-refractivity contribution in [2.24, 2.45) is 10.7 Å². The number of nitrogens with two attached hydrogens (primary N) is 1. The quantitative estimate of drug-likeness (QED) is 0.910. The lowest BCUT2D eigenvalue weighted by molar-refractivity contribution is 0.619. The third-order valence-corrected chi connectivity index (χ3v) is 3.52. The van der Waals surface area contributed by atoms with Gasteiger partial charge in [-0.3, -0.25) is 4.99 Å². The van der Waals surface area contributed by atoms with E-state index in [1.807, 2.05) is 25.1 Å². The number of guanidine groups is 1. The smallest absolute Gasteiger partial charge is 0.196 e. The van der Waals surface area contributed by atoms with Crippen LogP contribution in [0.15, 0.2) is 53.5 Å². The Morgan fingerprint density at radius 3 is 2.75 bits per heavy atom. The van der Waals surface area contributed by atoms with Crippen LogP contribution < -0.4 is 10.6 Å². The maximum atomic E-state index is 14.0. The van der Waals surface area contributed by atoms with Crippen molar-refractivity contribution in [1.82, 2.24) is 0 Å². The standard InChI is InChI=1S/C16H16FN3/c1-11-5-4-6-12(9-11)15-10-19-16(18)20(15)14-8-3-2-7-13(14)17/h2-9,15H,10H2,1H3,(H2,18,19). The fourth-order valence-corrected chi connectivity index (χ4v) is 2.57. The fourth-order valence-electron chi connectivity index (χ4n) is 2.57. The molecule has 0 aromatic heterocycles. The Kier molecular flexibility index (Phi) is 3.14. The minimum Gasteiger partial charge on any atom is -0.369 e. The molecule has 2 aromatic carbocycles. The van der Waals surface area contributed by atoms with Crippen LogP contribution in [-0.4, -0.2) is 12.5 Å². The summed E-state index contributed by atoms with van der Waals surface area (Å²) < 4.78 is 14.0. The summed E-state index contributed by atoms with van der Waals surface area (Å²) in [6.07, 6.45) is 0. The van der Waals surface area contributed by atoms with Gasteiger partial charge in [0.25, 0.3) is 0 Å². The number of hydrogen-bond donors (Lipinski definition) is 1. The van der Waals surface area contributed by atoms with Gasteiger partial charge in [-0.05, 0) is 24.6 Å². The van der Waals surface area contributed by atoms with Crippen molar-refractivity contribution in [2.45, 2.75) is 13.0 Å². The van der Waals surface area contributed by atoms with Gasteiger partial charge in [-0.15, -0.1) is 0 Å². The molecule has 0 radical (unpaired) electrons. The zero-order valence-corrected chi connectivity index (χ0v) is 11.3. The van der Waals surface area contributed by atoms with Crippen LogP contribution in [-0.2, 0) is 0 Å². The van der Waals surface area contributed by atoms with Crippen LogP contribution in [0, 0.1) is 12.7 Å². The van der Waals surface area contributed by atoms with E-state index in [9.17, 15) is 4.39 Å². The number of halogens is 1. The van der Waals surface area contributed by atoms with Crippen LogP contribution in [0.4, 0.5) is 10.1 Å². The second kappa shape index (κ2) is 4.96. The van der Waals surface area contributed by atoms with Crippen LogP contribution in [0.1, 0.15) is 17.2 Å². The molecule has 1 aliphatic rings. The van der Waals surface area contributed by atoms with Crippen LogP contribution in [0.3, 0.4) is 0 Å². The van der Waals surface area contributed by atoms with Gasteiger partial charge in [0.05, 0.1) is 18.3 Å². The Hall–Kier alpha value is -2.36. The molecular weight excluding hydrogens is 253 g/mol. The number of aryl methyl sites for hydroxylation is 1. The molecule has 1 heterocycles. The topological polar surface area (TPSA) is 41.6 Å². The van der Waals surface area contributed by atoms with Gasteiger partial charge in [-0.1, -0.05) is 42.0 Å². The first kappa shape index (κ1) is 12.7. The molecule has 2 aromatic rings. The summed E-state index contributed by atoms with van der Waals surface area (Å²) in [6, 6.07) is 14.7. The van der Waals surface area contributed by atoms with E-state index in [0.29, 0.717) is 18.2 Å². The number of rotatable bonds is 2. The Bertz CT molecular complexity index is 666. The molecule has 1 aliphatic heterocycles. The first-order chi connectivity index (χ1) is 9.66. The van der Waals surface area contributed by atoms with Crippen LogP contribution in [0.5, 0.6) is 0 Å². The van der Waals surface area contributed by atoms with Gasteiger partial charge in [-0.25, -0.2) is 4.39 Å². The Labute approximate surface area is 117 Å². The van der Waals surface area contributed by atoms with E-state index >= 15 is 0 Å². The summed E-state index contributed by atoms with van der Waals surface area (Å²) in [7, 11) is 0. The van der Waals surface area contributed by atoms with Crippen molar-refractivity contribution in [3.63, 3.8) is 0 Å². The normalized spacial score (nSPS) is 18.2. The molecule has 0 fully saturated rings. The summed E-state index contributed by atoms with van der Waals surface area (Å²) in [5.74, 6) is 0.0757. The number of hydrogen-bond acceptors (Lipinski definition) is 3. The summed E-state index contributed by atoms with van der Waals surface area (Å²) in [4.78, 5) is 6.04. The molecule has 0 saturated carbocycles. The van der Waals surface area contributed by atoms with E-state index in [1.165, 1.54) is 11.6 Å². The van der Waals surface area contributed by atoms with E-state index in [1.54, 1.807) is 23.1 Å². The van der Waals surface area contributed by atoms with Crippen molar-refractivity contribution >= 4 is 11.6 Å². The highest BCUT2D eigenvalue weighted by molar-refractivity contribution is 5.97. The third kappa shape index (κ3) is 2.13. The van der Waals surface area contributed by atoms with Crippen molar-refractivity contribution in [3.8, 4) is 0 Å². The maximum absolute atomic E-state index is 14.0. The van der Waals surface area contributed by atoms with Gasteiger partial charge in [0.1, 0.15) is 5.82 Å². The predicted octanol–water partition coefficient (Wildman–Crippen LogP) is 3.01. The summed E-state index contributed by atoms with van der Waals surface area (Å²) in [5, 5.41) is 0. The van der Waals surface area contributed by atoms with E-state index in [2.05, 4.69) is 11.1 Å². The van der Waals surface area contributed by atoms with Crippen molar-refractivity contribution < 1.29 is 4.39 Å². The van der Waals surface area contributed by atoms with Crippen LogP contribution in [0.25, 0.3) is 0 Å². The minimum atomic E-state index is -0.287. The molecule has 3 nitrogen and oxygen atoms in total. The average molecular weight is 269 g/mol. The molecule has 0 saturated heterocycles. The van der Waals surface area contributed by atoms with Gasteiger partial charge in [0, 0.05) is 0 Å². The molecule has 0 bridgehead atoms. The number of benzene rings is 2. The average Bonchev–Trinajstić information content (AvgIpc) is 2.81. The monoisotopic (exact) mass is 269 g/mol. The number of nitrogens with zero attached hydrogens (tertiary/aromatic N) is 2. The zero-order valence-electron chi connectivity index (χ0n) is 11.3. The molecule has 1 unspecified atom stereocenters. The second-order valence-electron chi connectivity index (χ2n) is 4.95. The Balaban J connectivity index is 2.03. The van der Waals surface area contributed by atoms with Gasteiger partial charge in [0.2, 0.25) is 0 Å². The lowest BCUT2D eigenvalue weighted by Gasteiger charge is -2.27. The predicted molar refractivity (Wildman–Crippen MR) is 79.3 cm³/mol. The van der Waals surface area contributed by atoms with E-state index in [-0.39, 0.29) is 11.9 Å². The molecule has 0 amide bonds. The third-order valence-electron chi connectivity index (χ3n) is 3.52. The lowest BCUT2D eigenvalue weighted by Crippen LogP contribution is -2.36. The Morgan fingerprint density at radius 2 is 2.00 bits per heavy atom. The van der Waals surface area contributed by atoms with Crippen LogP contribution in [0.2, 0.25) is 0 Å². The van der Waals surface area contributed by atoms with E-state index in [0.717, 1.165) is 5.56 Å². The highest BCUT2D eigenvalue weighted by atomic mass is 19.1. The molecule has 1 atom stereocenters. The van der Waals surface area contributed by atoms with Gasteiger partial charge >= 0.3 is 0 Å². The molecule has 2 N–H and O–H groups in total. The summed E-state index contributed by atoms with van der Waals surface area (Å²) >= 11 is 0. The number of para-hydroxylation sites is 1. The number of aliphatic imine (C=N–C) groups is 1. The Morgan fingerprint density at radius 1 is 1.20 bits per heavy atom. The van der Waals surface area contributed by atoms with Crippen molar-refractivity contribution in [2.75, 3.05) is 11.4 Å². The molecule has 0 spiro atoms. The molecule has 102 valence electrons. The molecule has 20 heavy (non-hydrogen) atoms. The van der Waals surface area contributed by atoms with Crippen molar-refractivity contribution in [1.29, 1.82) is 0 Å². The largest absolute Gasteiger partial charge is 0.369 e. The molecule has 4 heteroatoms. The van der Waals surface area contributed by atoms with Crippen LogP contribution >= 0.6 is 0 Å². The summed E-state index contributed by atoms with van der Waals surface area (Å²) in [5.41, 5.74) is 8.69. The van der Waals surface area contributed by atoms with Gasteiger partial charge in [-0.2, -0.15) is 0 Å². The first-order valence-corrected chi connectivity index (χ1v) is 6.57. The highest BCUT2D eigenvalue weighted by Gasteiger charge is 2.30. The lowest BCUT2D eigenvalue weighted by atomic mass is 10.0. The van der Waals surface area contributed by atoms with Crippen molar-refractivity contribution in [3.05, 3.63) is 65.5 Å². The van der Waals surface area contributed by atoms with Gasteiger partial charge < -0.3 is 10.6 Å². The maximum Gasteiger partial charge on any atom is 0.196 e. The molecular formula is C16H16FN3. The number of anilines is 1. The molecule has 3 rings (SSSR count). The SMILES string of the molecule is Cc1cccc(C2CN=C(N)N2c2ccccc2F)c1. The fraction of sp³-hybridized carbons (Fsp3) is 0.188. The summed E-state index contributed by atoms with van der Waals surface area (Å²) in [6.45, 7) is 2.58. The second-order valence-corrected chi connectivity index (χ2v) is 4.95. The zero-order chi connectivity index (χ0) is 14.1. The minimum absolute atomic E-state index is 0.0493. The van der Waals surface area contributed by atoms with E-state index < -0.39 is 0 Å². The first-order valence-electron chi connectivity index (χ1n) is 6.57. The van der Waals surface area contributed by atoms with E-state index in [4.69, 9.17) is 5.73 Å². The highest BCUT2D eigenvalue weighted by Crippen LogP contribution is 2.32. The van der Waals surface area contributed by atoms with Gasteiger partial charge in [0.15, 0.2) is 5.96 Å². The molecule has 0 aliphatic carbocycles.